The number of carbonyl (C=O) groups excluding carboxylic acids is 3. The Hall–Kier alpha value is -3.11. The summed E-state index contributed by atoms with van der Waals surface area (Å²) in [5.74, 6) is -1.25. The molecule has 0 aromatic heterocycles. The number of hydrogen-bond donors (Lipinski definition) is 3. The van der Waals surface area contributed by atoms with Gasteiger partial charge in [-0.25, -0.2) is 5.43 Å². The van der Waals surface area contributed by atoms with E-state index in [2.05, 4.69) is 37.1 Å². The van der Waals surface area contributed by atoms with E-state index in [9.17, 15) is 14.4 Å². The summed E-state index contributed by atoms with van der Waals surface area (Å²) >= 11 is 9.21. The Bertz CT molecular complexity index is 1040. The molecule has 2 aromatic rings. The quantitative estimate of drug-likeness (QED) is 0.279. The lowest BCUT2D eigenvalue weighted by atomic mass is 10.2. The Labute approximate surface area is 197 Å². The summed E-state index contributed by atoms with van der Waals surface area (Å²) < 4.78 is 11.5. The highest BCUT2D eigenvalue weighted by Gasteiger charge is 2.26. The standard InChI is InChI=1S/C21H20BrClN4O5/c1-31-17-9-12(10-24-27-21(30)20(29)26-15-6-7-15)8-16(22)19(17)32-11-18(28)25-14-4-2-13(23)3-5-14/h2-5,8-10,15H,6-7,11H2,1H3,(H,25,28)(H,26,29)(H,27,30)/b24-10-. The third-order valence-electron chi connectivity index (χ3n) is 4.23. The number of amides is 3. The van der Waals surface area contributed by atoms with Crippen LogP contribution in [0.15, 0.2) is 46.0 Å². The fourth-order valence-electron chi connectivity index (χ4n) is 2.52. The Morgan fingerprint density at radius 3 is 2.56 bits per heavy atom. The molecule has 0 heterocycles. The van der Waals surface area contributed by atoms with Gasteiger partial charge in [0.25, 0.3) is 5.91 Å². The average molecular weight is 524 g/mol. The van der Waals surface area contributed by atoms with E-state index in [0.29, 0.717) is 32.2 Å². The largest absolute Gasteiger partial charge is 0.493 e. The molecule has 0 atom stereocenters. The molecule has 1 aliphatic rings. The number of benzene rings is 2. The first-order chi connectivity index (χ1) is 15.4. The van der Waals surface area contributed by atoms with Crippen LogP contribution in [0.2, 0.25) is 5.02 Å². The van der Waals surface area contributed by atoms with Gasteiger partial charge in [-0.05, 0) is 70.7 Å². The predicted octanol–water partition coefficient (Wildman–Crippen LogP) is 2.86. The van der Waals surface area contributed by atoms with E-state index in [4.69, 9.17) is 21.1 Å². The van der Waals surface area contributed by atoms with E-state index in [1.165, 1.54) is 13.3 Å². The molecule has 0 spiro atoms. The SMILES string of the molecule is COc1cc(/C=N\NC(=O)C(=O)NC2CC2)cc(Br)c1OCC(=O)Nc1ccc(Cl)cc1. The minimum Gasteiger partial charge on any atom is -0.493 e. The van der Waals surface area contributed by atoms with Gasteiger partial charge < -0.3 is 20.1 Å². The fraction of sp³-hybridized carbons (Fsp3) is 0.238. The monoisotopic (exact) mass is 522 g/mol. The van der Waals surface area contributed by atoms with E-state index in [1.54, 1.807) is 36.4 Å². The third-order valence-corrected chi connectivity index (χ3v) is 5.07. The lowest BCUT2D eigenvalue weighted by molar-refractivity contribution is -0.139. The zero-order valence-electron chi connectivity index (χ0n) is 17.0. The summed E-state index contributed by atoms with van der Waals surface area (Å²) in [5, 5.41) is 9.62. The molecule has 11 heteroatoms. The van der Waals surface area contributed by atoms with Crippen molar-refractivity contribution in [2.75, 3.05) is 19.0 Å². The first-order valence-electron chi connectivity index (χ1n) is 9.55. The Balaban J connectivity index is 1.57. The molecule has 2 aromatic carbocycles. The molecule has 0 saturated heterocycles. The van der Waals surface area contributed by atoms with Gasteiger partial charge in [0.2, 0.25) is 0 Å². The molecule has 1 saturated carbocycles. The van der Waals surface area contributed by atoms with Crippen molar-refractivity contribution >= 4 is 57.2 Å². The molecule has 3 amide bonds. The highest BCUT2D eigenvalue weighted by molar-refractivity contribution is 9.10. The smallest absolute Gasteiger partial charge is 0.329 e. The van der Waals surface area contributed by atoms with Gasteiger partial charge in [-0.2, -0.15) is 5.10 Å². The Morgan fingerprint density at radius 1 is 1.19 bits per heavy atom. The van der Waals surface area contributed by atoms with Gasteiger partial charge in [0, 0.05) is 16.8 Å². The van der Waals surface area contributed by atoms with Crippen LogP contribution in [0, 0.1) is 0 Å². The molecule has 1 aliphatic carbocycles. The second-order valence-corrected chi connectivity index (χ2v) is 8.12. The van der Waals surface area contributed by atoms with Crippen LogP contribution >= 0.6 is 27.5 Å². The lowest BCUT2D eigenvalue weighted by Gasteiger charge is -2.13. The Kier molecular flexibility index (Phi) is 8.07. The maximum atomic E-state index is 12.2. The van der Waals surface area contributed by atoms with Crippen molar-refractivity contribution in [1.82, 2.24) is 10.7 Å². The zero-order chi connectivity index (χ0) is 23.1. The van der Waals surface area contributed by atoms with Crippen molar-refractivity contribution < 1.29 is 23.9 Å². The highest BCUT2D eigenvalue weighted by atomic mass is 79.9. The van der Waals surface area contributed by atoms with Crippen molar-refractivity contribution in [1.29, 1.82) is 0 Å². The van der Waals surface area contributed by atoms with Crippen LogP contribution in [0.25, 0.3) is 0 Å². The van der Waals surface area contributed by atoms with E-state index in [-0.39, 0.29) is 18.6 Å². The van der Waals surface area contributed by atoms with Crippen LogP contribution in [0.4, 0.5) is 5.69 Å². The first kappa shape index (κ1) is 23.6. The van der Waals surface area contributed by atoms with Crippen molar-refractivity contribution in [2.24, 2.45) is 5.10 Å². The van der Waals surface area contributed by atoms with Crippen LogP contribution in [-0.2, 0) is 14.4 Å². The highest BCUT2D eigenvalue weighted by Crippen LogP contribution is 2.36. The molecule has 32 heavy (non-hydrogen) atoms. The van der Waals surface area contributed by atoms with Gasteiger partial charge in [-0.15, -0.1) is 0 Å². The molecule has 3 rings (SSSR count). The van der Waals surface area contributed by atoms with Crippen molar-refractivity contribution in [3.63, 3.8) is 0 Å². The van der Waals surface area contributed by atoms with Crippen molar-refractivity contribution in [3.05, 3.63) is 51.5 Å². The van der Waals surface area contributed by atoms with E-state index >= 15 is 0 Å². The number of rotatable bonds is 8. The summed E-state index contributed by atoms with van der Waals surface area (Å²) in [4.78, 5) is 35.5. The topological polar surface area (TPSA) is 118 Å². The summed E-state index contributed by atoms with van der Waals surface area (Å²) in [6.07, 6.45) is 3.12. The third kappa shape index (κ3) is 6.96. The number of hydrogen-bond acceptors (Lipinski definition) is 6. The number of hydrazone groups is 1. The summed E-state index contributed by atoms with van der Waals surface area (Å²) in [6.45, 7) is -0.253. The summed E-state index contributed by atoms with van der Waals surface area (Å²) in [7, 11) is 1.45. The number of ether oxygens (including phenoxy) is 2. The maximum absolute atomic E-state index is 12.2. The number of halogens is 2. The van der Waals surface area contributed by atoms with Crippen LogP contribution in [0.1, 0.15) is 18.4 Å². The molecule has 0 bridgehead atoms. The molecule has 0 unspecified atom stereocenters. The number of nitrogens with one attached hydrogen (secondary N) is 3. The molecule has 0 radical (unpaired) electrons. The number of anilines is 1. The van der Waals surface area contributed by atoms with E-state index in [1.807, 2.05) is 0 Å². The fourth-order valence-corrected chi connectivity index (χ4v) is 3.22. The van der Waals surface area contributed by atoms with Crippen LogP contribution in [-0.4, -0.2) is 43.7 Å². The number of nitrogens with zero attached hydrogens (tertiary/aromatic N) is 1. The van der Waals surface area contributed by atoms with Gasteiger partial charge in [-0.3, -0.25) is 14.4 Å². The zero-order valence-corrected chi connectivity index (χ0v) is 19.3. The first-order valence-corrected chi connectivity index (χ1v) is 10.7. The molecule has 168 valence electrons. The molecule has 1 fully saturated rings. The summed E-state index contributed by atoms with van der Waals surface area (Å²) in [5.41, 5.74) is 3.33. The lowest BCUT2D eigenvalue weighted by Crippen LogP contribution is -2.38. The molecule has 3 N–H and O–H groups in total. The van der Waals surface area contributed by atoms with Crippen molar-refractivity contribution in [3.8, 4) is 11.5 Å². The normalized spacial score (nSPS) is 12.8. The number of methoxy groups -OCH3 is 1. The molecular formula is C21H20BrClN4O5. The summed E-state index contributed by atoms with van der Waals surface area (Å²) in [6, 6.07) is 10.0. The second kappa shape index (κ2) is 11.0. The van der Waals surface area contributed by atoms with Gasteiger partial charge in [0.1, 0.15) is 0 Å². The second-order valence-electron chi connectivity index (χ2n) is 6.82. The van der Waals surface area contributed by atoms with Crippen molar-refractivity contribution in [2.45, 2.75) is 18.9 Å². The molecule has 9 nitrogen and oxygen atoms in total. The van der Waals surface area contributed by atoms with Crippen LogP contribution in [0.3, 0.4) is 0 Å². The average Bonchev–Trinajstić information content (AvgIpc) is 3.58. The van der Waals surface area contributed by atoms with Gasteiger partial charge in [-0.1, -0.05) is 11.6 Å². The minimum absolute atomic E-state index is 0.0817. The van der Waals surface area contributed by atoms with Gasteiger partial charge >= 0.3 is 11.8 Å². The number of carbonyl (C=O) groups is 3. The Morgan fingerprint density at radius 2 is 1.91 bits per heavy atom. The molecular weight excluding hydrogens is 504 g/mol. The van der Waals surface area contributed by atoms with Gasteiger partial charge in [0.15, 0.2) is 18.1 Å². The predicted molar refractivity (Wildman–Crippen MR) is 123 cm³/mol. The van der Waals surface area contributed by atoms with E-state index in [0.717, 1.165) is 12.8 Å². The van der Waals surface area contributed by atoms with Gasteiger partial charge in [0.05, 0.1) is 17.8 Å². The maximum Gasteiger partial charge on any atom is 0.329 e. The van der Waals surface area contributed by atoms with E-state index < -0.39 is 11.8 Å². The molecule has 0 aliphatic heterocycles. The van der Waals surface area contributed by atoms with Crippen LogP contribution < -0.4 is 25.5 Å². The van der Waals surface area contributed by atoms with Crippen LogP contribution in [0.5, 0.6) is 11.5 Å². The minimum atomic E-state index is -0.842.